The van der Waals surface area contributed by atoms with E-state index in [9.17, 15) is 0 Å². The van der Waals surface area contributed by atoms with E-state index in [0.29, 0.717) is 24.1 Å². The Labute approximate surface area is 167 Å². The minimum Gasteiger partial charge on any atom is -0.323 e. The molecule has 2 N–H and O–H groups in total. The van der Waals surface area contributed by atoms with Gasteiger partial charge in [-0.05, 0) is 37.1 Å². The lowest BCUT2D eigenvalue weighted by Crippen LogP contribution is -2.01. The predicted molar refractivity (Wildman–Crippen MR) is 112 cm³/mol. The molecule has 7 heteroatoms. The lowest BCUT2D eigenvalue weighted by atomic mass is 10.00. The summed E-state index contributed by atoms with van der Waals surface area (Å²) in [4.78, 5) is 13.8. The Bertz CT molecular complexity index is 1180. The quantitative estimate of drug-likeness (QED) is 0.667. The van der Waals surface area contributed by atoms with Crippen LogP contribution in [0.15, 0.2) is 59.6 Å². The van der Waals surface area contributed by atoms with Crippen molar-refractivity contribution >= 4 is 34.2 Å². The van der Waals surface area contributed by atoms with Gasteiger partial charge in [0, 0.05) is 35.4 Å². The summed E-state index contributed by atoms with van der Waals surface area (Å²) in [6, 6.07) is 12.1. The van der Waals surface area contributed by atoms with Crippen LogP contribution in [0.4, 0.5) is 17.6 Å². The molecule has 2 aliphatic carbocycles. The zero-order chi connectivity index (χ0) is 19.6. The summed E-state index contributed by atoms with van der Waals surface area (Å²) in [7, 11) is 0. The number of allylic oxidation sites excluding steroid dienone is 4. The van der Waals surface area contributed by atoms with Gasteiger partial charge in [-0.2, -0.15) is 15.3 Å². The van der Waals surface area contributed by atoms with Gasteiger partial charge in [-0.25, -0.2) is 9.98 Å². The standard InChI is InChI=1S/C22H19N7/c23-12-11-14-5-9-16(10-6-14)24-22-25-18-4-2-1-3-17(18)21(27-22)26-20-13-19(28-29-20)15-7-8-15/h1-6,9-10,13-15H,7-8,11H2,(H2,25,26,27,28,29). The van der Waals surface area contributed by atoms with Crippen molar-refractivity contribution < 1.29 is 0 Å². The molecule has 0 saturated heterocycles. The number of hydrogen-bond donors (Lipinski definition) is 2. The van der Waals surface area contributed by atoms with Crippen LogP contribution in [0.5, 0.6) is 0 Å². The largest absolute Gasteiger partial charge is 0.323 e. The summed E-state index contributed by atoms with van der Waals surface area (Å²) >= 11 is 0. The van der Waals surface area contributed by atoms with Crippen molar-refractivity contribution in [1.82, 2.24) is 20.2 Å². The predicted octanol–water partition coefficient (Wildman–Crippen LogP) is 4.70. The summed E-state index contributed by atoms with van der Waals surface area (Å²) in [6.07, 6.45) is 10.7. The topological polar surface area (TPSA) is 103 Å². The fraction of sp³-hybridized carbons (Fsp3) is 0.227. The Morgan fingerprint density at radius 1 is 1.17 bits per heavy atom. The van der Waals surface area contributed by atoms with Crippen molar-refractivity contribution in [3.05, 3.63) is 60.3 Å². The number of aromatic nitrogens is 4. The van der Waals surface area contributed by atoms with Gasteiger partial charge in [0.1, 0.15) is 5.82 Å². The highest BCUT2D eigenvalue weighted by molar-refractivity contribution is 6.06. The van der Waals surface area contributed by atoms with Crippen LogP contribution in [-0.2, 0) is 0 Å². The number of nitrogens with one attached hydrogen (secondary N) is 2. The smallest absolute Gasteiger partial charge is 0.252 e. The average Bonchev–Trinajstić information content (AvgIpc) is 3.49. The number of hydrogen-bond acceptors (Lipinski definition) is 6. The van der Waals surface area contributed by atoms with E-state index >= 15 is 0 Å². The Hall–Kier alpha value is -3.79. The van der Waals surface area contributed by atoms with Crippen LogP contribution in [0.2, 0.25) is 0 Å². The van der Waals surface area contributed by atoms with E-state index in [1.807, 2.05) is 54.6 Å². The fourth-order valence-corrected chi connectivity index (χ4v) is 3.33. The Morgan fingerprint density at radius 2 is 2.00 bits per heavy atom. The number of nitriles is 1. The van der Waals surface area contributed by atoms with Crippen molar-refractivity contribution in [3.63, 3.8) is 0 Å². The summed E-state index contributed by atoms with van der Waals surface area (Å²) in [5.74, 6) is 2.54. The molecule has 0 aliphatic heterocycles. The molecule has 0 bridgehead atoms. The summed E-state index contributed by atoms with van der Waals surface area (Å²) in [5, 5.41) is 20.5. The van der Waals surface area contributed by atoms with Crippen molar-refractivity contribution in [2.45, 2.75) is 25.2 Å². The number of fused-ring (bicyclic) bond motifs is 1. The van der Waals surface area contributed by atoms with Gasteiger partial charge in [0.2, 0.25) is 0 Å². The van der Waals surface area contributed by atoms with Crippen LogP contribution in [-0.4, -0.2) is 25.9 Å². The van der Waals surface area contributed by atoms with Crippen molar-refractivity contribution in [2.24, 2.45) is 10.9 Å². The molecule has 0 unspecified atom stereocenters. The van der Waals surface area contributed by atoms with Gasteiger partial charge < -0.3 is 5.32 Å². The SMILES string of the molecule is N#CCC1C=CC(=Nc2nc(Nc3cc(C4CC4)[nH]n3)c3ccccc3n2)C=C1. The lowest BCUT2D eigenvalue weighted by Gasteiger charge is -2.09. The van der Waals surface area contributed by atoms with Gasteiger partial charge in [-0.1, -0.05) is 24.3 Å². The first-order chi connectivity index (χ1) is 14.3. The Kier molecular flexibility index (Phi) is 4.37. The van der Waals surface area contributed by atoms with Crippen LogP contribution in [0, 0.1) is 17.2 Å². The molecule has 3 aromatic rings. The molecular weight excluding hydrogens is 362 g/mol. The first kappa shape index (κ1) is 17.3. The zero-order valence-electron chi connectivity index (χ0n) is 15.7. The number of H-pyrrole nitrogens is 1. The highest BCUT2D eigenvalue weighted by atomic mass is 15.2. The van der Waals surface area contributed by atoms with Gasteiger partial charge >= 0.3 is 0 Å². The number of para-hydroxylation sites is 1. The van der Waals surface area contributed by atoms with Crippen LogP contribution in [0.3, 0.4) is 0 Å². The van der Waals surface area contributed by atoms with Crippen molar-refractivity contribution in [3.8, 4) is 6.07 Å². The van der Waals surface area contributed by atoms with Crippen molar-refractivity contribution in [2.75, 3.05) is 5.32 Å². The molecule has 2 heterocycles. The molecule has 0 spiro atoms. The van der Waals surface area contributed by atoms with Crippen LogP contribution in [0.25, 0.3) is 10.9 Å². The number of nitrogens with zero attached hydrogens (tertiary/aromatic N) is 5. The van der Waals surface area contributed by atoms with Gasteiger partial charge in [0.25, 0.3) is 5.95 Å². The molecule has 1 saturated carbocycles. The van der Waals surface area contributed by atoms with E-state index in [1.54, 1.807) is 0 Å². The van der Waals surface area contributed by atoms with E-state index in [0.717, 1.165) is 28.1 Å². The fourth-order valence-electron chi connectivity index (χ4n) is 3.33. The normalized spacial score (nSPS) is 18.0. The second-order valence-electron chi connectivity index (χ2n) is 7.28. The third kappa shape index (κ3) is 3.78. The van der Waals surface area contributed by atoms with Gasteiger partial charge in [-0.3, -0.25) is 5.10 Å². The minimum absolute atomic E-state index is 0.133. The maximum Gasteiger partial charge on any atom is 0.252 e. The second-order valence-corrected chi connectivity index (χ2v) is 7.28. The number of rotatable bonds is 5. The highest BCUT2D eigenvalue weighted by Gasteiger charge is 2.25. The second kappa shape index (κ2) is 7.32. The van der Waals surface area contributed by atoms with E-state index in [2.05, 4.69) is 36.5 Å². The monoisotopic (exact) mass is 381 g/mol. The molecule has 142 valence electrons. The lowest BCUT2D eigenvalue weighted by molar-refractivity contribution is 0.839. The molecule has 0 amide bonds. The summed E-state index contributed by atoms with van der Waals surface area (Å²) < 4.78 is 0. The first-order valence-corrected chi connectivity index (χ1v) is 9.69. The highest BCUT2D eigenvalue weighted by Crippen LogP contribution is 2.39. The van der Waals surface area contributed by atoms with Gasteiger partial charge in [0.15, 0.2) is 5.82 Å². The molecule has 1 aromatic carbocycles. The Balaban J connectivity index is 1.47. The molecule has 7 nitrogen and oxygen atoms in total. The number of anilines is 2. The molecule has 2 aliphatic rings. The molecular formula is C22H19N7. The van der Waals surface area contributed by atoms with Gasteiger partial charge in [0.05, 0.1) is 17.3 Å². The van der Waals surface area contributed by atoms with Crippen LogP contribution < -0.4 is 5.32 Å². The van der Waals surface area contributed by atoms with E-state index in [-0.39, 0.29) is 5.92 Å². The molecule has 1 fully saturated rings. The zero-order valence-corrected chi connectivity index (χ0v) is 15.7. The van der Waals surface area contributed by atoms with Crippen molar-refractivity contribution in [1.29, 1.82) is 5.26 Å². The molecule has 0 atom stereocenters. The molecule has 2 aromatic heterocycles. The van der Waals surface area contributed by atoms with Gasteiger partial charge in [-0.15, -0.1) is 0 Å². The average molecular weight is 381 g/mol. The maximum atomic E-state index is 8.82. The first-order valence-electron chi connectivity index (χ1n) is 9.69. The molecule has 5 rings (SSSR count). The van der Waals surface area contributed by atoms with Crippen LogP contribution >= 0.6 is 0 Å². The third-order valence-corrected chi connectivity index (χ3v) is 5.04. The van der Waals surface area contributed by atoms with E-state index in [1.165, 1.54) is 12.8 Å². The van der Waals surface area contributed by atoms with Crippen LogP contribution in [0.1, 0.15) is 30.9 Å². The minimum atomic E-state index is 0.133. The van der Waals surface area contributed by atoms with E-state index < -0.39 is 0 Å². The third-order valence-electron chi connectivity index (χ3n) is 5.04. The molecule has 0 radical (unpaired) electrons. The maximum absolute atomic E-state index is 8.82. The summed E-state index contributed by atoms with van der Waals surface area (Å²) in [5.41, 5.74) is 2.74. The molecule has 29 heavy (non-hydrogen) atoms. The number of aliphatic imine (C=N–C) groups is 1. The van der Waals surface area contributed by atoms with E-state index in [4.69, 9.17) is 5.26 Å². The Morgan fingerprint density at radius 3 is 2.79 bits per heavy atom. The summed E-state index contributed by atoms with van der Waals surface area (Å²) in [6.45, 7) is 0. The number of benzene rings is 1. The number of aromatic amines is 1.